The SMILES string of the molecule is COCCN1C(=O)C(c2ccc(F)cc2)=C(N2CCN(c3cccc(C)c3C)CC2)C1=O. The summed E-state index contributed by atoms with van der Waals surface area (Å²) >= 11 is 0. The largest absolute Gasteiger partial charge is 0.383 e. The summed E-state index contributed by atoms with van der Waals surface area (Å²) in [6.45, 7) is 7.39. The number of carbonyl (C=O) groups excluding carboxylic acids is 2. The van der Waals surface area contributed by atoms with E-state index in [1.807, 2.05) is 4.90 Å². The molecule has 1 saturated heterocycles. The fourth-order valence-electron chi connectivity index (χ4n) is 4.37. The third-order valence-electron chi connectivity index (χ3n) is 6.31. The number of rotatable bonds is 6. The number of halogens is 1. The molecule has 0 radical (unpaired) electrons. The van der Waals surface area contributed by atoms with Gasteiger partial charge in [-0.2, -0.15) is 0 Å². The number of carbonyl (C=O) groups is 2. The van der Waals surface area contributed by atoms with Crippen molar-refractivity contribution in [3.63, 3.8) is 0 Å². The maximum Gasteiger partial charge on any atom is 0.277 e. The third-order valence-corrected chi connectivity index (χ3v) is 6.31. The van der Waals surface area contributed by atoms with Gasteiger partial charge in [0.2, 0.25) is 0 Å². The molecule has 2 aromatic rings. The van der Waals surface area contributed by atoms with Gasteiger partial charge in [0.15, 0.2) is 0 Å². The minimum absolute atomic E-state index is 0.185. The molecule has 4 rings (SSSR count). The van der Waals surface area contributed by atoms with E-state index in [0.29, 0.717) is 29.9 Å². The summed E-state index contributed by atoms with van der Waals surface area (Å²) in [6, 6.07) is 12.0. The van der Waals surface area contributed by atoms with E-state index >= 15 is 0 Å². The lowest BCUT2D eigenvalue weighted by atomic mass is 10.0. The van der Waals surface area contributed by atoms with Crippen LogP contribution in [0.5, 0.6) is 0 Å². The molecule has 2 amide bonds. The van der Waals surface area contributed by atoms with Gasteiger partial charge in [-0.15, -0.1) is 0 Å². The number of imide groups is 1. The van der Waals surface area contributed by atoms with E-state index in [-0.39, 0.29) is 30.8 Å². The van der Waals surface area contributed by atoms with Crippen molar-refractivity contribution in [3.05, 3.63) is 70.7 Å². The normalized spacial score (nSPS) is 17.1. The Morgan fingerprint density at radius 1 is 0.906 bits per heavy atom. The van der Waals surface area contributed by atoms with Gasteiger partial charge in [0, 0.05) is 39.0 Å². The minimum atomic E-state index is -0.383. The quantitative estimate of drug-likeness (QED) is 0.651. The Hall–Kier alpha value is -3.19. The molecule has 0 N–H and O–H groups in total. The molecule has 0 saturated carbocycles. The summed E-state index contributed by atoms with van der Waals surface area (Å²) in [4.78, 5) is 32.0. The van der Waals surface area contributed by atoms with Crippen LogP contribution in [0.15, 0.2) is 48.2 Å². The van der Waals surface area contributed by atoms with Gasteiger partial charge in [-0.05, 0) is 48.7 Å². The Kier molecular flexibility index (Phi) is 6.28. The topological polar surface area (TPSA) is 53.1 Å². The smallest absolute Gasteiger partial charge is 0.277 e. The summed E-state index contributed by atoms with van der Waals surface area (Å²) in [5, 5.41) is 0. The van der Waals surface area contributed by atoms with Crippen LogP contribution in [0.4, 0.5) is 10.1 Å². The van der Waals surface area contributed by atoms with Gasteiger partial charge < -0.3 is 14.5 Å². The maximum absolute atomic E-state index is 13.5. The second-order valence-electron chi connectivity index (χ2n) is 8.18. The van der Waals surface area contributed by atoms with Gasteiger partial charge in [0.25, 0.3) is 11.8 Å². The number of amides is 2. The molecule has 2 aliphatic rings. The molecule has 2 heterocycles. The Labute approximate surface area is 187 Å². The van der Waals surface area contributed by atoms with Crippen LogP contribution in [-0.2, 0) is 14.3 Å². The average Bonchev–Trinajstić information content (AvgIpc) is 3.04. The van der Waals surface area contributed by atoms with Gasteiger partial charge >= 0.3 is 0 Å². The molecule has 2 aliphatic heterocycles. The third kappa shape index (κ3) is 4.00. The molecule has 0 spiro atoms. The number of ether oxygens (including phenoxy) is 1. The van der Waals surface area contributed by atoms with Gasteiger partial charge in [0.05, 0.1) is 18.7 Å². The van der Waals surface area contributed by atoms with Gasteiger partial charge in [-0.1, -0.05) is 24.3 Å². The molecule has 6 nitrogen and oxygen atoms in total. The summed E-state index contributed by atoms with van der Waals surface area (Å²) < 4.78 is 18.6. The number of hydrogen-bond acceptors (Lipinski definition) is 5. The predicted octanol–water partition coefficient (Wildman–Crippen LogP) is 2.99. The minimum Gasteiger partial charge on any atom is -0.383 e. The molecule has 0 aromatic heterocycles. The second kappa shape index (κ2) is 9.12. The number of benzene rings is 2. The average molecular weight is 438 g/mol. The van der Waals surface area contributed by atoms with E-state index in [4.69, 9.17) is 4.74 Å². The van der Waals surface area contributed by atoms with Crippen molar-refractivity contribution in [1.82, 2.24) is 9.80 Å². The first-order valence-corrected chi connectivity index (χ1v) is 10.8. The maximum atomic E-state index is 13.5. The summed E-state index contributed by atoms with van der Waals surface area (Å²) in [7, 11) is 1.53. The first kappa shape index (κ1) is 22.0. The number of nitrogens with zero attached hydrogens (tertiary/aromatic N) is 3. The highest BCUT2D eigenvalue weighted by Gasteiger charge is 2.42. The Bertz CT molecular complexity index is 1060. The van der Waals surface area contributed by atoms with E-state index < -0.39 is 0 Å². The zero-order valence-corrected chi connectivity index (χ0v) is 18.7. The van der Waals surface area contributed by atoms with Crippen molar-refractivity contribution < 1.29 is 18.7 Å². The Morgan fingerprint density at radius 2 is 1.56 bits per heavy atom. The molecular weight excluding hydrogens is 409 g/mol. The van der Waals surface area contributed by atoms with Gasteiger partial charge in [-0.25, -0.2) is 4.39 Å². The highest BCUT2D eigenvalue weighted by molar-refractivity contribution is 6.35. The number of methoxy groups -OCH3 is 1. The number of piperazine rings is 1. The highest BCUT2D eigenvalue weighted by atomic mass is 19.1. The molecule has 32 heavy (non-hydrogen) atoms. The molecule has 0 atom stereocenters. The van der Waals surface area contributed by atoms with E-state index in [1.54, 1.807) is 12.1 Å². The van der Waals surface area contributed by atoms with Crippen LogP contribution >= 0.6 is 0 Å². The first-order valence-electron chi connectivity index (χ1n) is 10.8. The van der Waals surface area contributed by atoms with E-state index in [2.05, 4.69) is 36.9 Å². The van der Waals surface area contributed by atoms with Crippen LogP contribution < -0.4 is 4.90 Å². The zero-order valence-electron chi connectivity index (χ0n) is 18.7. The van der Waals surface area contributed by atoms with Gasteiger partial charge in [-0.3, -0.25) is 14.5 Å². The summed E-state index contributed by atoms with van der Waals surface area (Å²) in [5.74, 6) is -1.05. The summed E-state index contributed by atoms with van der Waals surface area (Å²) in [6.07, 6.45) is 0. The lowest BCUT2D eigenvalue weighted by Crippen LogP contribution is -2.48. The number of aryl methyl sites for hydroxylation is 1. The van der Waals surface area contributed by atoms with E-state index in [1.165, 1.54) is 41.0 Å². The lowest BCUT2D eigenvalue weighted by molar-refractivity contribution is -0.138. The molecule has 0 aliphatic carbocycles. The first-order chi connectivity index (χ1) is 15.4. The van der Waals surface area contributed by atoms with Gasteiger partial charge in [0.1, 0.15) is 11.5 Å². The van der Waals surface area contributed by atoms with E-state index in [0.717, 1.165) is 13.1 Å². The Balaban J connectivity index is 1.63. The predicted molar refractivity (Wildman–Crippen MR) is 122 cm³/mol. The fourth-order valence-corrected chi connectivity index (χ4v) is 4.37. The molecular formula is C25H28FN3O3. The van der Waals surface area contributed by atoms with Crippen molar-refractivity contribution in [3.8, 4) is 0 Å². The highest BCUT2D eigenvalue weighted by Crippen LogP contribution is 2.33. The van der Waals surface area contributed by atoms with Crippen LogP contribution in [0, 0.1) is 19.7 Å². The van der Waals surface area contributed by atoms with Crippen LogP contribution in [0.2, 0.25) is 0 Å². The number of hydrogen-bond donors (Lipinski definition) is 0. The molecule has 7 heteroatoms. The lowest BCUT2D eigenvalue weighted by Gasteiger charge is -2.38. The van der Waals surface area contributed by atoms with E-state index in [9.17, 15) is 14.0 Å². The van der Waals surface area contributed by atoms with Crippen LogP contribution in [0.25, 0.3) is 5.57 Å². The zero-order chi connectivity index (χ0) is 22.8. The van der Waals surface area contributed by atoms with Crippen LogP contribution in [0.1, 0.15) is 16.7 Å². The second-order valence-corrected chi connectivity index (χ2v) is 8.18. The molecule has 168 valence electrons. The Morgan fingerprint density at radius 3 is 2.22 bits per heavy atom. The monoisotopic (exact) mass is 437 g/mol. The molecule has 1 fully saturated rings. The van der Waals surface area contributed by atoms with Crippen LogP contribution in [0.3, 0.4) is 0 Å². The molecule has 2 aromatic carbocycles. The van der Waals surface area contributed by atoms with Crippen molar-refractivity contribution in [2.75, 3.05) is 51.3 Å². The van der Waals surface area contributed by atoms with Crippen molar-refractivity contribution in [2.45, 2.75) is 13.8 Å². The number of anilines is 1. The summed E-state index contributed by atoms with van der Waals surface area (Å²) in [5.41, 5.74) is 5.00. The molecule has 0 unspecified atom stereocenters. The van der Waals surface area contributed by atoms with Crippen molar-refractivity contribution >= 4 is 23.1 Å². The fraction of sp³-hybridized carbons (Fsp3) is 0.360. The van der Waals surface area contributed by atoms with Crippen molar-refractivity contribution in [2.24, 2.45) is 0 Å². The molecule has 0 bridgehead atoms. The standard InChI is InChI=1S/C25H28FN3O3/c1-17-5-4-6-21(18(17)2)27-11-13-28(14-12-27)23-22(19-7-9-20(26)10-8-19)24(30)29(25(23)31)15-16-32-3/h4-10H,11-16H2,1-3H3. The van der Waals surface area contributed by atoms with Crippen LogP contribution in [-0.4, -0.2) is 68.1 Å². The van der Waals surface area contributed by atoms with Crippen molar-refractivity contribution in [1.29, 1.82) is 0 Å².